The second-order valence-electron chi connectivity index (χ2n) is 7.29. The van der Waals surface area contributed by atoms with Gasteiger partial charge in [0.2, 0.25) is 0 Å². The van der Waals surface area contributed by atoms with Gasteiger partial charge in [0.15, 0.2) is 11.5 Å². The van der Waals surface area contributed by atoms with Crippen LogP contribution in [-0.4, -0.2) is 46.6 Å². The standard InChI is InChI=1S/C24H23N3O7S/c1-32-19-13-12-17(20(21(19)33-2)24(29)34-35(3,30)31)16-6-4-5-7-18(16)23(28)27-15-10-8-14(9-11-15)22(25)26/h4-13H,1-3H3,(H3,25,26)(H,27,28). The minimum atomic E-state index is -4.14. The average molecular weight is 498 g/mol. The van der Waals surface area contributed by atoms with Crippen molar-refractivity contribution in [1.29, 1.82) is 5.41 Å². The maximum Gasteiger partial charge on any atom is 0.358 e. The zero-order valence-corrected chi connectivity index (χ0v) is 19.9. The van der Waals surface area contributed by atoms with Gasteiger partial charge < -0.3 is 24.7 Å². The Labute approximate surface area is 202 Å². The summed E-state index contributed by atoms with van der Waals surface area (Å²) in [6, 6.07) is 15.9. The molecule has 182 valence electrons. The van der Waals surface area contributed by atoms with Gasteiger partial charge in [-0.3, -0.25) is 10.2 Å². The number of carbonyl (C=O) groups is 2. The lowest BCUT2D eigenvalue weighted by atomic mass is 9.94. The molecule has 11 heteroatoms. The fraction of sp³-hybridized carbons (Fsp3) is 0.125. The van der Waals surface area contributed by atoms with E-state index in [1.165, 1.54) is 26.4 Å². The van der Waals surface area contributed by atoms with Crippen LogP contribution in [0.5, 0.6) is 11.5 Å². The van der Waals surface area contributed by atoms with Crippen LogP contribution in [0.4, 0.5) is 5.69 Å². The molecule has 0 atom stereocenters. The first-order valence-electron chi connectivity index (χ1n) is 10.1. The minimum absolute atomic E-state index is 0.0475. The second-order valence-corrected chi connectivity index (χ2v) is 8.86. The zero-order valence-electron chi connectivity index (χ0n) is 19.1. The summed E-state index contributed by atoms with van der Waals surface area (Å²) in [6.45, 7) is 0. The molecule has 35 heavy (non-hydrogen) atoms. The molecule has 1 amide bonds. The van der Waals surface area contributed by atoms with Gasteiger partial charge >= 0.3 is 16.1 Å². The Bertz CT molecular complexity index is 1400. The predicted molar refractivity (Wildman–Crippen MR) is 131 cm³/mol. The van der Waals surface area contributed by atoms with E-state index in [1.54, 1.807) is 48.5 Å². The quantitative estimate of drug-likeness (QED) is 0.243. The molecule has 3 rings (SSSR count). The van der Waals surface area contributed by atoms with Crippen molar-refractivity contribution in [2.24, 2.45) is 5.73 Å². The number of amidine groups is 1. The SMILES string of the molecule is COc1ccc(-c2ccccc2C(=O)Nc2ccc(C(=N)N)cc2)c(C(=O)OS(C)(=O)=O)c1OC. The molecule has 3 aromatic carbocycles. The molecule has 0 aliphatic rings. The van der Waals surface area contributed by atoms with Crippen molar-refractivity contribution in [3.8, 4) is 22.6 Å². The van der Waals surface area contributed by atoms with Gasteiger partial charge in [-0.2, -0.15) is 8.42 Å². The summed E-state index contributed by atoms with van der Waals surface area (Å²) < 4.78 is 38.5. The van der Waals surface area contributed by atoms with E-state index in [2.05, 4.69) is 9.50 Å². The molecule has 0 fully saturated rings. The third-order valence-corrected chi connectivity index (χ3v) is 5.35. The predicted octanol–water partition coefficient (Wildman–Crippen LogP) is 3.02. The van der Waals surface area contributed by atoms with E-state index in [4.69, 9.17) is 20.6 Å². The van der Waals surface area contributed by atoms with Crippen molar-refractivity contribution in [3.63, 3.8) is 0 Å². The van der Waals surface area contributed by atoms with Crippen molar-refractivity contribution in [2.45, 2.75) is 0 Å². The Hall–Kier alpha value is -4.38. The second kappa shape index (κ2) is 10.3. The van der Waals surface area contributed by atoms with Crippen molar-refractivity contribution in [1.82, 2.24) is 0 Å². The first-order valence-corrected chi connectivity index (χ1v) is 11.9. The molecule has 4 N–H and O–H groups in total. The first-order chi connectivity index (χ1) is 16.6. The van der Waals surface area contributed by atoms with Crippen LogP contribution in [0.15, 0.2) is 60.7 Å². The van der Waals surface area contributed by atoms with E-state index < -0.39 is 22.0 Å². The van der Waals surface area contributed by atoms with E-state index >= 15 is 0 Å². The number of amides is 1. The lowest BCUT2D eigenvalue weighted by Crippen LogP contribution is -2.16. The van der Waals surface area contributed by atoms with E-state index in [9.17, 15) is 18.0 Å². The summed E-state index contributed by atoms with van der Waals surface area (Å²) in [4.78, 5) is 26.1. The summed E-state index contributed by atoms with van der Waals surface area (Å²) in [5.41, 5.74) is 6.93. The van der Waals surface area contributed by atoms with Gasteiger partial charge in [0, 0.05) is 22.4 Å². The number of methoxy groups -OCH3 is 2. The van der Waals surface area contributed by atoms with Crippen molar-refractivity contribution in [3.05, 3.63) is 77.4 Å². The van der Waals surface area contributed by atoms with Crippen LogP contribution < -0.4 is 20.5 Å². The highest BCUT2D eigenvalue weighted by atomic mass is 32.2. The van der Waals surface area contributed by atoms with E-state index in [0.29, 0.717) is 16.8 Å². The van der Waals surface area contributed by atoms with Gasteiger partial charge in [-0.15, -0.1) is 0 Å². The van der Waals surface area contributed by atoms with Gasteiger partial charge in [-0.05, 0) is 48.0 Å². The summed E-state index contributed by atoms with van der Waals surface area (Å²) in [6.07, 6.45) is 0.746. The minimum Gasteiger partial charge on any atom is -0.493 e. The molecular formula is C24H23N3O7S. The summed E-state index contributed by atoms with van der Waals surface area (Å²) in [7, 11) is -1.48. The first kappa shape index (κ1) is 25.2. The monoisotopic (exact) mass is 497 g/mol. The van der Waals surface area contributed by atoms with Gasteiger partial charge in [0.25, 0.3) is 5.91 Å². The summed E-state index contributed by atoms with van der Waals surface area (Å²) >= 11 is 0. The highest BCUT2D eigenvalue weighted by Crippen LogP contribution is 2.40. The summed E-state index contributed by atoms with van der Waals surface area (Å²) in [5.74, 6) is -1.66. The number of hydrogen-bond donors (Lipinski definition) is 3. The van der Waals surface area contributed by atoms with E-state index in [1.807, 2.05) is 0 Å². The number of nitrogens with one attached hydrogen (secondary N) is 2. The van der Waals surface area contributed by atoms with Crippen LogP contribution in [0.1, 0.15) is 26.3 Å². The average Bonchev–Trinajstić information content (AvgIpc) is 2.82. The van der Waals surface area contributed by atoms with Crippen molar-refractivity contribution >= 4 is 33.5 Å². The van der Waals surface area contributed by atoms with Crippen LogP contribution >= 0.6 is 0 Å². The maximum absolute atomic E-state index is 13.2. The van der Waals surface area contributed by atoms with Crippen LogP contribution in [-0.2, 0) is 14.3 Å². The highest BCUT2D eigenvalue weighted by molar-refractivity contribution is 7.86. The fourth-order valence-corrected chi connectivity index (χ4v) is 3.74. The van der Waals surface area contributed by atoms with Gasteiger partial charge in [0.05, 0.1) is 20.5 Å². The van der Waals surface area contributed by atoms with E-state index in [0.717, 1.165) is 6.26 Å². The lowest BCUT2D eigenvalue weighted by molar-refractivity contribution is 0.0744. The van der Waals surface area contributed by atoms with Gasteiger partial charge in [0.1, 0.15) is 11.4 Å². The molecule has 0 aliphatic carbocycles. The number of hydrogen-bond acceptors (Lipinski definition) is 8. The zero-order chi connectivity index (χ0) is 25.8. The molecule has 0 aromatic heterocycles. The smallest absolute Gasteiger partial charge is 0.358 e. The molecular weight excluding hydrogens is 474 g/mol. The van der Waals surface area contributed by atoms with Crippen molar-refractivity contribution in [2.75, 3.05) is 25.8 Å². The fourth-order valence-electron chi connectivity index (χ4n) is 3.38. The van der Waals surface area contributed by atoms with Crippen LogP contribution in [0.25, 0.3) is 11.1 Å². The molecule has 0 saturated carbocycles. The molecule has 0 radical (unpaired) electrons. The molecule has 0 unspecified atom stereocenters. The third kappa shape index (κ3) is 5.76. The Morgan fingerprint density at radius 1 is 0.914 bits per heavy atom. The third-order valence-electron chi connectivity index (χ3n) is 4.89. The molecule has 0 spiro atoms. The lowest BCUT2D eigenvalue weighted by Gasteiger charge is -2.17. The normalized spacial score (nSPS) is 10.8. The molecule has 0 heterocycles. The summed E-state index contributed by atoms with van der Waals surface area (Å²) in [5, 5.41) is 10.2. The number of carbonyl (C=O) groups excluding carboxylic acids is 2. The van der Waals surface area contributed by atoms with Crippen molar-refractivity contribution < 1.29 is 31.7 Å². The number of rotatable bonds is 8. The number of ether oxygens (including phenoxy) is 2. The van der Waals surface area contributed by atoms with E-state index in [-0.39, 0.29) is 34.0 Å². The Balaban J connectivity index is 2.11. The Kier molecular flexibility index (Phi) is 7.40. The highest BCUT2D eigenvalue weighted by Gasteiger charge is 2.28. The maximum atomic E-state index is 13.2. The molecule has 0 aliphatic heterocycles. The molecule has 3 aromatic rings. The molecule has 0 saturated heterocycles. The van der Waals surface area contributed by atoms with Crippen LogP contribution in [0, 0.1) is 5.41 Å². The topological polar surface area (TPSA) is 158 Å². The Morgan fingerprint density at radius 3 is 2.14 bits per heavy atom. The number of nitrogen functional groups attached to an aromatic ring is 1. The number of benzene rings is 3. The van der Waals surface area contributed by atoms with Gasteiger partial charge in [-0.25, -0.2) is 4.79 Å². The molecule has 10 nitrogen and oxygen atoms in total. The molecule has 0 bridgehead atoms. The van der Waals surface area contributed by atoms with Crippen LogP contribution in [0.3, 0.4) is 0 Å². The van der Waals surface area contributed by atoms with Crippen LogP contribution in [0.2, 0.25) is 0 Å². The van der Waals surface area contributed by atoms with Gasteiger partial charge in [-0.1, -0.05) is 18.2 Å². The largest absolute Gasteiger partial charge is 0.493 e. The number of nitrogens with two attached hydrogens (primary N) is 1. The Morgan fingerprint density at radius 2 is 1.57 bits per heavy atom. The number of anilines is 1.